The van der Waals surface area contributed by atoms with Crippen molar-refractivity contribution in [2.45, 2.75) is 13.5 Å². The Kier molecular flexibility index (Phi) is 4.02. The van der Waals surface area contributed by atoms with Crippen molar-refractivity contribution >= 4 is 16.1 Å². The standard InChI is InChI=1S/C8H11NO6S/c1-3-13-8(10)6-4-14-7(9-6)5-15-16(2,11)12/h4H,3,5H2,1-2H3. The zero-order valence-corrected chi connectivity index (χ0v) is 9.61. The molecule has 0 saturated heterocycles. The zero-order valence-electron chi connectivity index (χ0n) is 8.80. The molecule has 0 atom stereocenters. The quantitative estimate of drug-likeness (QED) is 0.548. The number of esters is 1. The molecule has 8 heteroatoms. The van der Waals surface area contributed by atoms with E-state index < -0.39 is 16.1 Å². The summed E-state index contributed by atoms with van der Waals surface area (Å²) in [6.45, 7) is 1.53. The van der Waals surface area contributed by atoms with E-state index in [1.807, 2.05) is 0 Å². The van der Waals surface area contributed by atoms with Crippen molar-refractivity contribution in [3.63, 3.8) is 0 Å². The number of hydrogen-bond donors (Lipinski definition) is 0. The van der Waals surface area contributed by atoms with E-state index in [0.717, 1.165) is 12.5 Å². The first-order chi connectivity index (χ1) is 7.42. The number of hydrogen-bond acceptors (Lipinski definition) is 7. The van der Waals surface area contributed by atoms with Gasteiger partial charge in [-0.2, -0.15) is 8.42 Å². The van der Waals surface area contributed by atoms with E-state index in [1.54, 1.807) is 6.92 Å². The molecule has 0 unspecified atom stereocenters. The average molecular weight is 249 g/mol. The summed E-state index contributed by atoms with van der Waals surface area (Å²) in [5, 5.41) is 0. The Labute approximate surface area is 92.5 Å². The topological polar surface area (TPSA) is 95.7 Å². The van der Waals surface area contributed by atoms with E-state index in [4.69, 9.17) is 4.42 Å². The molecule has 0 saturated carbocycles. The Balaban J connectivity index is 2.61. The Morgan fingerprint density at radius 2 is 2.25 bits per heavy atom. The van der Waals surface area contributed by atoms with Crippen molar-refractivity contribution in [2.75, 3.05) is 12.9 Å². The van der Waals surface area contributed by atoms with Crippen molar-refractivity contribution in [1.82, 2.24) is 4.98 Å². The predicted molar refractivity (Wildman–Crippen MR) is 52.1 cm³/mol. The Bertz CT molecular complexity index is 463. The second-order valence-electron chi connectivity index (χ2n) is 2.81. The fourth-order valence-electron chi connectivity index (χ4n) is 0.833. The third kappa shape index (κ3) is 3.99. The van der Waals surface area contributed by atoms with E-state index in [1.165, 1.54) is 0 Å². The van der Waals surface area contributed by atoms with Crippen LogP contribution in [0, 0.1) is 0 Å². The first-order valence-electron chi connectivity index (χ1n) is 4.38. The third-order valence-corrected chi connectivity index (χ3v) is 1.98. The van der Waals surface area contributed by atoms with E-state index in [9.17, 15) is 13.2 Å². The van der Waals surface area contributed by atoms with Gasteiger partial charge in [-0.25, -0.2) is 9.78 Å². The number of rotatable bonds is 5. The number of carbonyl (C=O) groups excluding carboxylic acids is 1. The molecule has 0 aromatic carbocycles. The number of carbonyl (C=O) groups is 1. The van der Waals surface area contributed by atoms with Gasteiger partial charge in [0, 0.05) is 0 Å². The molecular weight excluding hydrogens is 238 g/mol. The van der Waals surface area contributed by atoms with Gasteiger partial charge in [-0.05, 0) is 6.92 Å². The van der Waals surface area contributed by atoms with Gasteiger partial charge in [-0.15, -0.1) is 0 Å². The van der Waals surface area contributed by atoms with Gasteiger partial charge in [0.25, 0.3) is 10.1 Å². The molecule has 0 aliphatic carbocycles. The van der Waals surface area contributed by atoms with Gasteiger partial charge in [0.15, 0.2) is 5.69 Å². The lowest BCUT2D eigenvalue weighted by Crippen LogP contribution is -2.06. The minimum absolute atomic E-state index is 0.00604. The summed E-state index contributed by atoms with van der Waals surface area (Å²) in [7, 11) is -3.56. The Morgan fingerprint density at radius 3 is 2.81 bits per heavy atom. The minimum Gasteiger partial charge on any atom is -0.461 e. The highest BCUT2D eigenvalue weighted by atomic mass is 32.2. The van der Waals surface area contributed by atoms with Gasteiger partial charge in [-0.3, -0.25) is 4.18 Å². The van der Waals surface area contributed by atoms with E-state index in [2.05, 4.69) is 13.9 Å². The minimum atomic E-state index is -3.56. The Morgan fingerprint density at radius 1 is 1.56 bits per heavy atom. The summed E-state index contributed by atoms with van der Waals surface area (Å²) < 4.78 is 35.3. The van der Waals surface area contributed by atoms with Crippen LogP contribution in [0.15, 0.2) is 10.7 Å². The summed E-state index contributed by atoms with van der Waals surface area (Å²) in [4.78, 5) is 14.9. The van der Waals surface area contributed by atoms with Crippen molar-refractivity contribution in [3.8, 4) is 0 Å². The van der Waals surface area contributed by atoms with Crippen LogP contribution in [0.3, 0.4) is 0 Å². The number of nitrogens with zero attached hydrogens (tertiary/aromatic N) is 1. The normalized spacial score (nSPS) is 11.4. The summed E-state index contributed by atoms with van der Waals surface area (Å²) >= 11 is 0. The molecule has 0 amide bonds. The van der Waals surface area contributed by atoms with E-state index >= 15 is 0 Å². The van der Waals surface area contributed by atoms with Crippen molar-refractivity contribution in [3.05, 3.63) is 17.8 Å². The maximum atomic E-state index is 11.2. The molecule has 0 aliphatic heterocycles. The highest BCUT2D eigenvalue weighted by Gasteiger charge is 2.14. The predicted octanol–water partition coefficient (Wildman–Crippen LogP) is 0.328. The van der Waals surface area contributed by atoms with Crippen LogP contribution in [0.1, 0.15) is 23.3 Å². The lowest BCUT2D eigenvalue weighted by molar-refractivity contribution is 0.0519. The van der Waals surface area contributed by atoms with Crippen LogP contribution < -0.4 is 0 Å². The van der Waals surface area contributed by atoms with E-state index in [-0.39, 0.29) is 24.8 Å². The molecule has 0 fully saturated rings. The van der Waals surface area contributed by atoms with Crippen molar-refractivity contribution in [2.24, 2.45) is 0 Å². The van der Waals surface area contributed by atoms with Crippen LogP contribution >= 0.6 is 0 Å². The monoisotopic (exact) mass is 249 g/mol. The number of aromatic nitrogens is 1. The van der Waals surface area contributed by atoms with Gasteiger partial charge in [-0.1, -0.05) is 0 Å². The van der Waals surface area contributed by atoms with Crippen LogP contribution in [0.2, 0.25) is 0 Å². The molecule has 1 rings (SSSR count). The molecule has 0 aliphatic rings. The summed E-state index contributed by atoms with van der Waals surface area (Å²) in [5.41, 5.74) is -0.0195. The van der Waals surface area contributed by atoms with Gasteiger partial charge >= 0.3 is 5.97 Å². The summed E-state index contributed by atoms with van der Waals surface area (Å²) in [6, 6.07) is 0. The maximum Gasteiger partial charge on any atom is 0.360 e. The summed E-state index contributed by atoms with van der Waals surface area (Å²) in [6.07, 6.45) is 1.99. The lowest BCUT2D eigenvalue weighted by atomic mass is 10.5. The van der Waals surface area contributed by atoms with Crippen molar-refractivity contribution < 1.29 is 26.5 Å². The number of oxazole rings is 1. The fraction of sp³-hybridized carbons (Fsp3) is 0.500. The molecule has 7 nitrogen and oxygen atoms in total. The molecule has 90 valence electrons. The highest BCUT2D eigenvalue weighted by molar-refractivity contribution is 7.85. The van der Waals surface area contributed by atoms with Gasteiger partial charge in [0.2, 0.25) is 5.89 Å². The zero-order chi connectivity index (χ0) is 12.2. The average Bonchev–Trinajstić information content (AvgIpc) is 2.62. The molecule has 0 bridgehead atoms. The molecule has 0 radical (unpaired) electrons. The second kappa shape index (κ2) is 5.08. The van der Waals surface area contributed by atoms with Crippen LogP contribution in [-0.4, -0.2) is 32.2 Å². The van der Waals surface area contributed by atoms with Gasteiger partial charge in [0.05, 0.1) is 12.9 Å². The Hall–Kier alpha value is -1.41. The van der Waals surface area contributed by atoms with Gasteiger partial charge in [0.1, 0.15) is 12.9 Å². The molecule has 1 aromatic rings. The van der Waals surface area contributed by atoms with Gasteiger partial charge < -0.3 is 9.15 Å². The molecule has 0 spiro atoms. The second-order valence-corrected chi connectivity index (χ2v) is 4.46. The van der Waals surface area contributed by atoms with Crippen LogP contribution in [0.4, 0.5) is 0 Å². The molecule has 16 heavy (non-hydrogen) atoms. The highest BCUT2D eigenvalue weighted by Crippen LogP contribution is 2.06. The third-order valence-electron chi connectivity index (χ3n) is 1.43. The SMILES string of the molecule is CCOC(=O)c1coc(COS(C)(=O)=O)n1. The molecule has 1 heterocycles. The molecule has 0 N–H and O–H groups in total. The maximum absolute atomic E-state index is 11.2. The first kappa shape index (κ1) is 12.7. The largest absolute Gasteiger partial charge is 0.461 e. The smallest absolute Gasteiger partial charge is 0.360 e. The van der Waals surface area contributed by atoms with Crippen LogP contribution in [0.5, 0.6) is 0 Å². The molecular formula is C8H11NO6S. The summed E-state index contributed by atoms with van der Waals surface area (Å²) in [5.74, 6) is -0.634. The fourth-order valence-corrected chi connectivity index (χ4v) is 1.15. The van der Waals surface area contributed by atoms with Crippen LogP contribution in [0.25, 0.3) is 0 Å². The number of ether oxygens (including phenoxy) is 1. The molecule has 1 aromatic heterocycles. The van der Waals surface area contributed by atoms with E-state index in [0.29, 0.717) is 0 Å². The first-order valence-corrected chi connectivity index (χ1v) is 6.20. The van der Waals surface area contributed by atoms with Crippen LogP contribution in [-0.2, 0) is 25.6 Å². The van der Waals surface area contributed by atoms with Crippen molar-refractivity contribution in [1.29, 1.82) is 0 Å². The lowest BCUT2D eigenvalue weighted by Gasteiger charge is -1.96.